The molecular formula is C10H20N2O. The smallest absolute Gasteiger partial charge is 0.148 e. The Hall–Kier alpha value is -0.410. The van der Waals surface area contributed by atoms with Gasteiger partial charge in [-0.15, -0.1) is 0 Å². The van der Waals surface area contributed by atoms with E-state index in [0.717, 1.165) is 19.5 Å². The maximum absolute atomic E-state index is 11.0. The highest BCUT2D eigenvalue weighted by Crippen LogP contribution is 2.08. The summed E-state index contributed by atoms with van der Waals surface area (Å²) in [6.45, 7) is 6.75. The lowest BCUT2D eigenvalue weighted by Crippen LogP contribution is -2.37. The number of Topliss-reactive ketones (excluding diaryl/α,β-unsaturated/α-hetero) is 1. The van der Waals surface area contributed by atoms with Crippen molar-refractivity contribution in [3.05, 3.63) is 0 Å². The number of nitrogens with two attached hydrogens (primary N) is 1. The van der Waals surface area contributed by atoms with Gasteiger partial charge in [-0.2, -0.15) is 0 Å². The Morgan fingerprint density at radius 3 is 2.69 bits per heavy atom. The molecule has 1 saturated heterocycles. The Morgan fingerprint density at radius 2 is 2.23 bits per heavy atom. The zero-order chi connectivity index (χ0) is 9.84. The number of hydrogen-bond donors (Lipinski definition) is 1. The van der Waals surface area contributed by atoms with Crippen molar-refractivity contribution >= 4 is 5.78 Å². The lowest BCUT2D eigenvalue weighted by molar-refractivity contribution is -0.116. The van der Waals surface area contributed by atoms with Crippen molar-refractivity contribution < 1.29 is 4.79 Å². The van der Waals surface area contributed by atoms with Crippen LogP contribution in [0.3, 0.4) is 0 Å². The van der Waals surface area contributed by atoms with E-state index in [1.54, 1.807) is 0 Å². The maximum atomic E-state index is 11.0. The van der Waals surface area contributed by atoms with Crippen LogP contribution in [0.4, 0.5) is 0 Å². The Labute approximate surface area is 80.3 Å². The van der Waals surface area contributed by atoms with Crippen molar-refractivity contribution in [3.8, 4) is 0 Å². The molecule has 1 atom stereocenters. The van der Waals surface area contributed by atoms with Crippen molar-refractivity contribution in [1.82, 2.24) is 4.90 Å². The monoisotopic (exact) mass is 184 g/mol. The minimum Gasteiger partial charge on any atom is -0.327 e. The van der Waals surface area contributed by atoms with Crippen molar-refractivity contribution in [1.29, 1.82) is 0 Å². The van der Waals surface area contributed by atoms with Crippen LogP contribution in [0.25, 0.3) is 0 Å². The molecule has 1 aliphatic rings. The van der Waals surface area contributed by atoms with Gasteiger partial charge in [-0.25, -0.2) is 0 Å². The average molecular weight is 184 g/mol. The first-order valence-corrected chi connectivity index (χ1v) is 5.07. The van der Waals surface area contributed by atoms with Crippen LogP contribution in [0.5, 0.6) is 0 Å². The number of ketones is 1. The summed E-state index contributed by atoms with van der Waals surface area (Å²) in [5.41, 5.74) is 5.95. The second-order valence-corrected chi connectivity index (χ2v) is 4.41. The third-order valence-electron chi connectivity index (χ3n) is 2.37. The average Bonchev–Trinajstić information content (AvgIpc) is 2.33. The number of carbonyl (C=O) groups excluding carboxylic acids is 1. The topological polar surface area (TPSA) is 46.3 Å². The summed E-state index contributed by atoms with van der Waals surface area (Å²) < 4.78 is 0. The molecule has 0 amide bonds. The molecule has 0 spiro atoms. The normalized spacial score (nSPS) is 21.4. The van der Waals surface area contributed by atoms with Gasteiger partial charge in [-0.1, -0.05) is 13.8 Å². The van der Waals surface area contributed by atoms with Crippen LogP contribution >= 0.6 is 0 Å². The summed E-state index contributed by atoms with van der Waals surface area (Å²) in [7, 11) is 0. The first-order valence-electron chi connectivity index (χ1n) is 5.07. The Kier molecular flexibility index (Phi) is 3.88. The van der Waals surface area contributed by atoms with E-state index >= 15 is 0 Å². The summed E-state index contributed by atoms with van der Waals surface area (Å²) in [6, 6.07) is 0.228. The number of rotatable bonds is 4. The predicted octanol–water partition coefficient (Wildman–Crippen LogP) is 0.635. The minimum absolute atomic E-state index is 0.228. The van der Waals surface area contributed by atoms with E-state index < -0.39 is 0 Å². The summed E-state index contributed by atoms with van der Waals surface area (Å²) in [4.78, 5) is 13.1. The zero-order valence-electron chi connectivity index (χ0n) is 8.62. The molecule has 0 bridgehead atoms. The van der Waals surface area contributed by atoms with Gasteiger partial charge in [0.25, 0.3) is 0 Å². The molecular weight excluding hydrogens is 164 g/mol. The van der Waals surface area contributed by atoms with Crippen LogP contribution in [0.1, 0.15) is 26.7 Å². The van der Waals surface area contributed by atoms with Crippen LogP contribution in [0.15, 0.2) is 0 Å². The van der Waals surface area contributed by atoms with Gasteiger partial charge >= 0.3 is 0 Å². The van der Waals surface area contributed by atoms with E-state index in [2.05, 4.69) is 18.7 Å². The van der Waals surface area contributed by atoms with E-state index in [4.69, 9.17) is 5.73 Å². The minimum atomic E-state index is 0.228. The molecule has 1 heterocycles. The van der Waals surface area contributed by atoms with Crippen LogP contribution in [-0.2, 0) is 4.79 Å². The Morgan fingerprint density at radius 1 is 1.54 bits per heavy atom. The molecule has 1 rings (SSSR count). The van der Waals surface area contributed by atoms with E-state index in [9.17, 15) is 4.79 Å². The highest BCUT2D eigenvalue weighted by molar-refractivity contribution is 5.82. The molecule has 76 valence electrons. The lowest BCUT2D eigenvalue weighted by atomic mass is 10.0. The highest BCUT2D eigenvalue weighted by Gasteiger charge is 2.20. The van der Waals surface area contributed by atoms with Gasteiger partial charge < -0.3 is 5.73 Å². The fourth-order valence-corrected chi connectivity index (χ4v) is 1.86. The van der Waals surface area contributed by atoms with Gasteiger partial charge in [-0.05, 0) is 12.3 Å². The van der Waals surface area contributed by atoms with Crippen molar-refractivity contribution in [2.45, 2.75) is 32.7 Å². The van der Waals surface area contributed by atoms with E-state index in [1.165, 1.54) is 0 Å². The van der Waals surface area contributed by atoms with Gasteiger partial charge in [-0.3, -0.25) is 9.69 Å². The predicted molar refractivity (Wildman–Crippen MR) is 53.5 cm³/mol. The number of carbonyl (C=O) groups is 1. The van der Waals surface area contributed by atoms with Gasteiger partial charge in [0.15, 0.2) is 0 Å². The molecule has 0 aromatic heterocycles. The van der Waals surface area contributed by atoms with Crippen molar-refractivity contribution in [2.24, 2.45) is 11.7 Å². The molecule has 0 radical (unpaired) electrons. The molecule has 1 aliphatic heterocycles. The van der Waals surface area contributed by atoms with E-state index in [1.807, 2.05) is 0 Å². The highest BCUT2D eigenvalue weighted by atomic mass is 16.1. The maximum Gasteiger partial charge on any atom is 0.148 e. The van der Waals surface area contributed by atoms with Crippen LogP contribution in [0, 0.1) is 5.92 Å². The zero-order valence-corrected chi connectivity index (χ0v) is 8.62. The molecule has 0 saturated carbocycles. The molecule has 3 heteroatoms. The molecule has 0 aliphatic carbocycles. The summed E-state index contributed by atoms with van der Waals surface area (Å²) in [5.74, 6) is 1.00. The van der Waals surface area contributed by atoms with Crippen molar-refractivity contribution in [3.63, 3.8) is 0 Å². The first-order chi connectivity index (χ1) is 6.08. The third-order valence-corrected chi connectivity index (χ3v) is 2.37. The summed E-state index contributed by atoms with van der Waals surface area (Å²) >= 11 is 0. The van der Waals surface area contributed by atoms with E-state index in [0.29, 0.717) is 24.7 Å². The molecule has 3 nitrogen and oxygen atoms in total. The quantitative estimate of drug-likeness (QED) is 0.697. The largest absolute Gasteiger partial charge is 0.327 e. The standard InChI is InChI=1S/C10H20N2O/c1-8(2)5-9(11)6-12-4-3-10(13)7-12/h8-9H,3-7,11H2,1-2H3/t9-/m1/s1. The summed E-state index contributed by atoms with van der Waals surface area (Å²) in [6.07, 6.45) is 1.76. The van der Waals surface area contributed by atoms with Gasteiger partial charge in [0.1, 0.15) is 5.78 Å². The summed E-state index contributed by atoms with van der Waals surface area (Å²) in [5, 5.41) is 0. The van der Waals surface area contributed by atoms with Gasteiger partial charge in [0.05, 0.1) is 6.54 Å². The molecule has 13 heavy (non-hydrogen) atoms. The molecule has 2 N–H and O–H groups in total. The second-order valence-electron chi connectivity index (χ2n) is 4.41. The number of nitrogens with zero attached hydrogens (tertiary/aromatic N) is 1. The number of likely N-dealkylation sites (tertiary alicyclic amines) is 1. The Balaban J connectivity index is 2.20. The van der Waals surface area contributed by atoms with Crippen LogP contribution in [-0.4, -0.2) is 36.4 Å². The Bertz CT molecular complexity index is 180. The molecule has 1 fully saturated rings. The third kappa shape index (κ3) is 3.87. The van der Waals surface area contributed by atoms with Crippen LogP contribution < -0.4 is 5.73 Å². The molecule has 0 unspecified atom stereocenters. The SMILES string of the molecule is CC(C)C[C@@H](N)CN1CCC(=O)C1. The van der Waals surface area contributed by atoms with Gasteiger partial charge in [0.2, 0.25) is 0 Å². The fraction of sp³-hybridized carbons (Fsp3) is 0.900. The fourth-order valence-electron chi connectivity index (χ4n) is 1.86. The van der Waals surface area contributed by atoms with Gasteiger partial charge in [0, 0.05) is 25.6 Å². The van der Waals surface area contributed by atoms with Crippen LogP contribution in [0.2, 0.25) is 0 Å². The van der Waals surface area contributed by atoms with E-state index in [-0.39, 0.29) is 6.04 Å². The molecule has 0 aromatic rings. The lowest BCUT2D eigenvalue weighted by Gasteiger charge is -2.20. The second kappa shape index (κ2) is 4.72. The first kappa shape index (κ1) is 10.7. The molecule has 0 aromatic carbocycles. The van der Waals surface area contributed by atoms with Crippen molar-refractivity contribution in [2.75, 3.05) is 19.6 Å². The number of hydrogen-bond acceptors (Lipinski definition) is 3.